The number of carbonyl (C=O) groups excluding carboxylic acids is 2. The summed E-state index contributed by atoms with van der Waals surface area (Å²) < 4.78 is 0. The van der Waals surface area contributed by atoms with Gasteiger partial charge in [-0.3, -0.25) is 9.59 Å². The van der Waals surface area contributed by atoms with Crippen molar-refractivity contribution in [3.05, 3.63) is 29.8 Å². The average molecular weight is 306 g/mol. The summed E-state index contributed by atoms with van der Waals surface area (Å²) in [7, 11) is 0. The molecule has 0 saturated carbocycles. The van der Waals surface area contributed by atoms with Crippen LogP contribution in [0.5, 0.6) is 0 Å². The van der Waals surface area contributed by atoms with Gasteiger partial charge in [0.1, 0.15) is 0 Å². The van der Waals surface area contributed by atoms with E-state index in [1.807, 2.05) is 24.3 Å². The lowest BCUT2D eigenvalue weighted by molar-refractivity contribution is -0.116. The van der Waals surface area contributed by atoms with E-state index in [1.165, 1.54) is 6.92 Å². The van der Waals surface area contributed by atoms with Gasteiger partial charge in [-0.1, -0.05) is 32.0 Å². The molecule has 0 aliphatic heterocycles. The summed E-state index contributed by atoms with van der Waals surface area (Å²) in [6.45, 7) is 6.52. The van der Waals surface area contributed by atoms with Crippen molar-refractivity contribution in [3.63, 3.8) is 0 Å². The number of aliphatic hydroxyl groups excluding tert-OH is 1. The molecule has 1 rings (SSSR count). The SMILES string of the molecule is CC[C@](C)(CCNC=O)c1ccccc1N(CCO)C(C)=O. The Morgan fingerprint density at radius 1 is 1.41 bits per heavy atom. The summed E-state index contributed by atoms with van der Waals surface area (Å²) in [6, 6.07) is 7.78. The van der Waals surface area contributed by atoms with Gasteiger partial charge in [0.25, 0.3) is 0 Å². The van der Waals surface area contributed by atoms with Crippen LogP contribution >= 0.6 is 0 Å². The van der Waals surface area contributed by atoms with Gasteiger partial charge in [-0.05, 0) is 29.9 Å². The maximum atomic E-state index is 11.9. The van der Waals surface area contributed by atoms with Crippen molar-refractivity contribution >= 4 is 18.0 Å². The van der Waals surface area contributed by atoms with E-state index in [2.05, 4.69) is 19.2 Å². The average Bonchev–Trinajstić information content (AvgIpc) is 2.52. The van der Waals surface area contributed by atoms with Gasteiger partial charge in [-0.25, -0.2) is 0 Å². The van der Waals surface area contributed by atoms with Crippen LogP contribution in [0, 0.1) is 0 Å². The molecule has 1 atom stereocenters. The topological polar surface area (TPSA) is 69.6 Å². The molecule has 0 bridgehead atoms. The molecule has 5 heteroatoms. The van der Waals surface area contributed by atoms with E-state index in [4.69, 9.17) is 0 Å². The molecule has 0 radical (unpaired) electrons. The van der Waals surface area contributed by atoms with E-state index in [0.717, 1.165) is 24.1 Å². The summed E-state index contributed by atoms with van der Waals surface area (Å²) >= 11 is 0. The molecule has 22 heavy (non-hydrogen) atoms. The number of nitrogens with zero attached hydrogens (tertiary/aromatic N) is 1. The van der Waals surface area contributed by atoms with Crippen LogP contribution in [0.25, 0.3) is 0 Å². The minimum Gasteiger partial charge on any atom is -0.395 e. The zero-order valence-corrected chi connectivity index (χ0v) is 13.6. The molecule has 0 aliphatic rings. The Bertz CT molecular complexity index is 504. The lowest BCUT2D eigenvalue weighted by Crippen LogP contribution is -2.35. The van der Waals surface area contributed by atoms with Gasteiger partial charge >= 0.3 is 0 Å². The maximum Gasteiger partial charge on any atom is 0.223 e. The fraction of sp³-hybridized carbons (Fsp3) is 0.529. The number of benzene rings is 1. The molecule has 0 aromatic heterocycles. The Kier molecular flexibility index (Phi) is 7.05. The third-order valence-corrected chi connectivity index (χ3v) is 4.23. The molecule has 2 amide bonds. The Balaban J connectivity index is 3.21. The molecule has 0 heterocycles. The second-order valence-electron chi connectivity index (χ2n) is 5.65. The minimum atomic E-state index is -0.157. The normalized spacial score (nSPS) is 13.3. The van der Waals surface area contributed by atoms with Crippen LogP contribution in [0.1, 0.15) is 39.2 Å². The van der Waals surface area contributed by atoms with Gasteiger partial charge in [0.05, 0.1) is 6.61 Å². The van der Waals surface area contributed by atoms with E-state index in [0.29, 0.717) is 13.0 Å². The zero-order chi connectivity index (χ0) is 16.6. The Morgan fingerprint density at radius 3 is 2.64 bits per heavy atom. The smallest absolute Gasteiger partial charge is 0.223 e. The number of nitrogens with one attached hydrogen (secondary N) is 1. The zero-order valence-electron chi connectivity index (χ0n) is 13.6. The monoisotopic (exact) mass is 306 g/mol. The van der Waals surface area contributed by atoms with Crippen LogP contribution in [0.2, 0.25) is 0 Å². The van der Waals surface area contributed by atoms with E-state index < -0.39 is 0 Å². The van der Waals surface area contributed by atoms with Gasteiger partial charge in [-0.2, -0.15) is 0 Å². The first-order chi connectivity index (χ1) is 10.5. The number of rotatable bonds is 9. The van der Waals surface area contributed by atoms with E-state index in [-0.39, 0.29) is 24.5 Å². The van der Waals surface area contributed by atoms with Crippen molar-refractivity contribution in [2.75, 3.05) is 24.6 Å². The van der Waals surface area contributed by atoms with Crippen LogP contribution in [0.4, 0.5) is 5.69 Å². The summed E-state index contributed by atoms with van der Waals surface area (Å²) in [5.74, 6) is -0.0917. The highest BCUT2D eigenvalue weighted by Gasteiger charge is 2.29. The predicted octanol–water partition coefficient (Wildman–Crippen LogP) is 1.84. The van der Waals surface area contributed by atoms with Gasteiger partial charge in [-0.15, -0.1) is 0 Å². The molecule has 1 aromatic rings. The molecule has 0 aliphatic carbocycles. The van der Waals surface area contributed by atoms with Gasteiger partial charge in [0, 0.05) is 25.7 Å². The van der Waals surface area contributed by atoms with E-state index in [1.54, 1.807) is 4.90 Å². The van der Waals surface area contributed by atoms with Crippen molar-refractivity contribution in [1.29, 1.82) is 0 Å². The quantitative estimate of drug-likeness (QED) is 0.540. The van der Waals surface area contributed by atoms with E-state index in [9.17, 15) is 14.7 Å². The highest BCUT2D eigenvalue weighted by atomic mass is 16.3. The third-order valence-electron chi connectivity index (χ3n) is 4.23. The molecule has 5 nitrogen and oxygen atoms in total. The lowest BCUT2D eigenvalue weighted by Gasteiger charge is -2.34. The highest BCUT2D eigenvalue weighted by molar-refractivity contribution is 5.92. The third kappa shape index (κ3) is 4.31. The van der Waals surface area contributed by atoms with Gasteiger partial charge < -0.3 is 15.3 Å². The van der Waals surface area contributed by atoms with Crippen LogP contribution in [0.3, 0.4) is 0 Å². The van der Waals surface area contributed by atoms with E-state index >= 15 is 0 Å². The molecule has 0 unspecified atom stereocenters. The Hall–Kier alpha value is -1.88. The second kappa shape index (κ2) is 8.54. The molecular formula is C17H26N2O3. The first-order valence-corrected chi connectivity index (χ1v) is 7.65. The van der Waals surface area contributed by atoms with Crippen molar-refractivity contribution < 1.29 is 14.7 Å². The molecule has 0 saturated heterocycles. The molecule has 0 fully saturated rings. The minimum absolute atomic E-state index is 0.0799. The van der Waals surface area contributed by atoms with Crippen molar-refractivity contribution in [1.82, 2.24) is 5.32 Å². The summed E-state index contributed by atoms with van der Waals surface area (Å²) in [5, 5.41) is 11.9. The highest BCUT2D eigenvalue weighted by Crippen LogP contribution is 2.37. The Morgan fingerprint density at radius 2 is 2.09 bits per heavy atom. The number of anilines is 1. The predicted molar refractivity (Wildman–Crippen MR) is 87.9 cm³/mol. The van der Waals surface area contributed by atoms with Crippen LogP contribution in [-0.4, -0.2) is 37.1 Å². The molecule has 122 valence electrons. The van der Waals surface area contributed by atoms with Crippen molar-refractivity contribution in [2.45, 2.75) is 39.0 Å². The molecule has 0 spiro atoms. The number of para-hydroxylation sites is 1. The summed E-state index contributed by atoms with van der Waals surface area (Å²) in [5.41, 5.74) is 1.74. The molecule has 2 N–H and O–H groups in total. The number of hydrogen-bond donors (Lipinski definition) is 2. The van der Waals surface area contributed by atoms with Gasteiger partial charge in [0.2, 0.25) is 12.3 Å². The number of carbonyl (C=O) groups is 2. The van der Waals surface area contributed by atoms with Crippen LogP contribution in [-0.2, 0) is 15.0 Å². The second-order valence-corrected chi connectivity index (χ2v) is 5.65. The number of amides is 2. The van der Waals surface area contributed by atoms with Crippen LogP contribution < -0.4 is 10.2 Å². The number of aliphatic hydroxyl groups is 1. The standard InChI is InChI=1S/C17H26N2O3/c1-4-17(3,9-10-18-13-21)15-7-5-6-8-16(15)19(11-12-20)14(2)22/h5-8,13,20H,4,9-12H2,1-3H3,(H,18,21)/t17-/m1/s1. The molecule has 1 aromatic carbocycles. The number of hydrogen-bond acceptors (Lipinski definition) is 3. The van der Waals surface area contributed by atoms with Crippen molar-refractivity contribution in [2.24, 2.45) is 0 Å². The fourth-order valence-corrected chi connectivity index (χ4v) is 2.68. The summed E-state index contributed by atoms with van der Waals surface area (Å²) in [4.78, 5) is 24.0. The van der Waals surface area contributed by atoms with Gasteiger partial charge in [0.15, 0.2) is 0 Å². The largest absolute Gasteiger partial charge is 0.395 e. The van der Waals surface area contributed by atoms with Crippen LogP contribution in [0.15, 0.2) is 24.3 Å². The Labute approximate surface area is 132 Å². The van der Waals surface area contributed by atoms with Crippen molar-refractivity contribution in [3.8, 4) is 0 Å². The fourth-order valence-electron chi connectivity index (χ4n) is 2.68. The lowest BCUT2D eigenvalue weighted by atomic mass is 9.76. The first kappa shape index (κ1) is 18.2. The summed E-state index contributed by atoms with van der Waals surface area (Å²) in [6.07, 6.45) is 2.37. The molecular weight excluding hydrogens is 280 g/mol. The maximum absolute atomic E-state index is 11.9. The first-order valence-electron chi connectivity index (χ1n) is 7.65.